The van der Waals surface area contributed by atoms with Gasteiger partial charge in [-0.05, 0) is 46.1 Å². The second-order valence-electron chi connectivity index (χ2n) is 6.25. The van der Waals surface area contributed by atoms with Crippen molar-refractivity contribution in [2.75, 3.05) is 0 Å². The Hall–Kier alpha value is -2.69. The van der Waals surface area contributed by atoms with Crippen LogP contribution in [0.15, 0.2) is 103 Å². The monoisotopic (exact) mass is 336 g/mol. The van der Waals surface area contributed by atoms with E-state index in [1.54, 1.807) is 0 Å². The molecule has 4 aromatic rings. The van der Waals surface area contributed by atoms with Crippen LogP contribution in [0.2, 0.25) is 0 Å². The van der Waals surface area contributed by atoms with E-state index in [1.807, 2.05) is 0 Å². The number of benzene rings is 4. The first-order valence-electron chi connectivity index (χ1n) is 8.56. The van der Waals surface area contributed by atoms with Crippen molar-refractivity contribution < 1.29 is 0 Å². The van der Waals surface area contributed by atoms with Crippen molar-refractivity contribution in [3.05, 3.63) is 103 Å². The minimum absolute atomic E-state index is 0.572. The van der Waals surface area contributed by atoms with Crippen LogP contribution in [-0.2, 0) is 0 Å². The van der Waals surface area contributed by atoms with E-state index in [9.17, 15) is 0 Å². The standard InChI is InChI=1S/C24H17P/c1-2-10-18(11-3-1)25-23-16-8-6-14-21(23)19-12-4-5-13-20(19)22-15-7-9-17-24(22)25/h1-17H. The Morgan fingerprint density at radius 3 is 1.28 bits per heavy atom. The van der Waals surface area contributed by atoms with Crippen LogP contribution in [0.25, 0.3) is 22.3 Å². The lowest BCUT2D eigenvalue weighted by molar-refractivity contribution is 1.62. The molecular weight excluding hydrogens is 319 g/mol. The van der Waals surface area contributed by atoms with Gasteiger partial charge in [0.25, 0.3) is 0 Å². The highest BCUT2D eigenvalue weighted by Crippen LogP contribution is 2.45. The molecule has 1 heterocycles. The Balaban J connectivity index is 1.92. The molecule has 0 bridgehead atoms. The summed E-state index contributed by atoms with van der Waals surface area (Å²) in [5.41, 5.74) is 5.41. The van der Waals surface area contributed by atoms with Crippen LogP contribution >= 0.6 is 7.92 Å². The topological polar surface area (TPSA) is 0 Å². The Kier molecular flexibility index (Phi) is 3.51. The highest BCUT2D eigenvalue weighted by Gasteiger charge is 2.27. The maximum Gasteiger partial charge on any atom is -0.00722 e. The number of rotatable bonds is 1. The van der Waals surface area contributed by atoms with Gasteiger partial charge in [0, 0.05) is 0 Å². The van der Waals surface area contributed by atoms with Crippen LogP contribution in [0.4, 0.5) is 0 Å². The molecule has 0 nitrogen and oxygen atoms in total. The summed E-state index contributed by atoms with van der Waals surface area (Å²) in [7, 11) is -0.572. The van der Waals surface area contributed by atoms with E-state index in [0.29, 0.717) is 0 Å². The zero-order valence-electron chi connectivity index (χ0n) is 13.8. The van der Waals surface area contributed by atoms with E-state index in [2.05, 4.69) is 103 Å². The van der Waals surface area contributed by atoms with E-state index in [0.717, 1.165) is 0 Å². The second kappa shape index (κ2) is 5.99. The maximum atomic E-state index is 2.31. The first-order chi connectivity index (χ1) is 12.4. The summed E-state index contributed by atoms with van der Waals surface area (Å²) in [6, 6.07) is 37.6. The zero-order chi connectivity index (χ0) is 16.6. The van der Waals surface area contributed by atoms with Gasteiger partial charge in [0.15, 0.2) is 0 Å². The third-order valence-corrected chi connectivity index (χ3v) is 7.37. The highest BCUT2D eigenvalue weighted by atomic mass is 31.1. The predicted octanol–water partition coefficient (Wildman–Crippen LogP) is 5.09. The molecule has 0 amide bonds. The Labute approximate surface area is 149 Å². The largest absolute Gasteiger partial charge is 0.0622 e. The quantitative estimate of drug-likeness (QED) is 0.374. The van der Waals surface area contributed by atoms with E-state index in [-0.39, 0.29) is 0 Å². The third-order valence-electron chi connectivity index (χ3n) is 4.81. The molecular formula is C24H17P. The fourth-order valence-electron chi connectivity index (χ4n) is 3.73. The summed E-state index contributed by atoms with van der Waals surface area (Å²) in [6.07, 6.45) is 0. The molecule has 0 spiro atoms. The van der Waals surface area contributed by atoms with Crippen LogP contribution in [-0.4, -0.2) is 0 Å². The van der Waals surface area contributed by atoms with E-state index in [4.69, 9.17) is 0 Å². The average molecular weight is 336 g/mol. The van der Waals surface area contributed by atoms with Crippen molar-refractivity contribution in [2.24, 2.45) is 0 Å². The second-order valence-corrected chi connectivity index (χ2v) is 8.40. The molecule has 0 radical (unpaired) electrons. The van der Waals surface area contributed by atoms with Crippen LogP contribution in [0.3, 0.4) is 0 Å². The van der Waals surface area contributed by atoms with Gasteiger partial charge in [-0.3, -0.25) is 0 Å². The Morgan fingerprint density at radius 1 is 0.360 bits per heavy atom. The zero-order valence-corrected chi connectivity index (χ0v) is 14.7. The van der Waals surface area contributed by atoms with Crippen LogP contribution in [0.5, 0.6) is 0 Å². The molecule has 0 saturated heterocycles. The first-order valence-corrected chi connectivity index (χ1v) is 9.91. The summed E-state index contributed by atoms with van der Waals surface area (Å²) >= 11 is 0. The molecule has 25 heavy (non-hydrogen) atoms. The number of fused-ring (bicyclic) bond motifs is 5. The molecule has 0 saturated carbocycles. The summed E-state index contributed by atoms with van der Waals surface area (Å²) < 4.78 is 0. The van der Waals surface area contributed by atoms with Gasteiger partial charge in [-0.2, -0.15) is 0 Å². The third kappa shape index (κ3) is 2.34. The van der Waals surface area contributed by atoms with E-state index >= 15 is 0 Å². The highest BCUT2D eigenvalue weighted by molar-refractivity contribution is 7.80. The van der Waals surface area contributed by atoms with E-state index < -0.39 is 7.92 Å². The average Bonchev–Trinajstić information content (AvgIpc) is 2.82. The first kappa shape index (κ1) is 14.6. The van der Waals surface area contributed by atoms with Gasteiger partial charge in [-0.1, -0.05) is 103 Å². The lowest BCUT2D eigenvalue weighted by Crippen LogP contribution is -2.21. The minimum atomic E-state index is -0.572. The summed E-state index contributed by atoms with van der Waals surface area (Å²) in [5, 5.41) is 4.30. The van der Waals surface area contributed by atoms with Crippen LogP contribution in [0, 0.1) is 0 Å². The molecule has 5 rings (SSSR count). The fraction of sp³-hybridized carbons (Fsp3) is 0. The Bertz CT molecular complexity index is 984. The molecule has 0 fully saturated rings. The van der Waals surface area contributed by atoms with Gasteiger partial charge in [0.05, 0.1) is 0 Å². The number of hydrogen-bond acceptors (Lipinski definition) is 0. The number of hydrogen-bond donors (Lipinski definition) is 0. The van der Waals surface area contributed by atoms with Gasteiger partial charge in [-0.25, -0.2) is 0 Å². The molecule has 0 unspecified atom stereocenters. The predicted molar refractivity (Wildman–Crippen MR) is 110 cm³/mol. The van der Waals surface area contributed by atoms with Crippen LogP contribution < -0.4 is 15.9 Å². The molecule has 1 heteroatoms. The van der Waals surface area contributed by atoms with Crippen molar-refractivity contribution in [3.63, 3.8) is 0 Å². The summed E-state index contributed by atoms with van der Waals surface area (Å²) in [4.78, 5) is 0. The van der Waals surface area contributed by atoms with E-state index in [1.165, 1.54) is 38.2 Å². The molecule has 0 aromatic heterocycles. The normalized spacial score (nSPS) is 12.6. The molecule has 0 atom stereocenters. The van der Waals surface area contributed by atoms with Gasteiger partial charge in [-0.15, -0.1) is 0 Å². The van der Waals surface area contributed by atoms with Gasteiger partial charge >= 0.3 is 0 Å². The molecule has 1 aliphatic heterocycles. The molecule has 0 aliphatic carbocycles. The van der Waals surface area contributed by atoms with Crippen molar-refractivity contribution in [1.29, 1.82) is 0 Å². The summed E-state index contributed by atoms with van der Waals surface area (Å²) in [5.74, 6) is 0. The van der Waals surface area contributed by atoms with Gasteiger partial charge < -0.3 is 0 Å². The smallest absolute Gasteiger partial charge is 0.00722 e. The minimum Gasteiger partial charge on any atom is -0.0622 e. The molecule has 1 aliphatic rings. The van der Waals surface area contributed by atoms with Crippen molar-refractivity contribution in [3.8, 4) is 22.3 Å². The molecule has 118 valence electrons. The van der Waals surface area contributed by atoms with Crippen molar-refractivity contribution >= 4 is 23.8 Å². The SMILES string of the molecule is c1ccc(P2c3ccccc3-c3ccccc3-c3ccccc32)cc1. The lowest BCUT2D eigenvalue weighted by atomic mass is 9.95. The Morgan fingerprint density at radius 2 is 0.760 bits per heavy atom. The van der Waals surface area contributed by atoms with Crippen LogP contribution in [0.1, 0.15) is 0 Å². The molecule has 0 N–H and O–H groups in total. The summed E-state index contributed by atoms with van der Waals surface area (Å²) in [6.45, 7) is 0. The van der Waals surface area contributed by atoms with Crippen molar-refractivity contribution in [1.82, 2.24) is 0 Å². The maximum absolute atomic E-state index is 2.31. The molecule has 4 aromatic carbocycles. The fourth-order valence-corrected chi connectivity index (χ4v) is 6.36. The van der Waals surface area contributed by atoms with Crippen molar-refractivity contribution in [2.45, 2.75) is 0 Å². The lowest BCUT2D eigenvalue weighted by Gasteiger charge is -2.21. The van der Waals surface area contributed by atoms with Gasteiger partial charge in [0.1, 0.15) is 0 Å². The van der Waals surface area contributed by atoms with Gasteiger partial charge in [0.2, 0.25) is 0 Å².